The van der Waals surface area contributed by atoms with Crippen LogP contribution in [0.2, 0.25) is 0 Å². The van der Waals surface area contributed by atoms with Gasteiger partial charge in [-0.1, -0.05) is 27.7 Å². The van der Waals surface area contributed by atoms with Gasteiger partial charge in [-0.05, 0) is 36.8 Å². The van der Waals surface area contributed by atoms with E-state index in [1.807, 2.05) is 33.1 Å². The van der Waals surface area contributed by atoms with Crippen LogP contribution in [-0.4, -0.2) is 21.0 Å². The molecule has 2 N–H and O–H groups in total. The monoisotopic (exact) mass is 318 g/mol. The van der Waals surface area contributed by atoms with Gasteiger partial charge >= 0.3 is 0 Å². The van der Waals surface area contributed by atoms with Crippen molar-refractivity contribution in [1.29, 1.82) is 0 Å². The average Bonchev–Trinajstić information content (AvgIpc) is 2.76. The maximum atomic E-state index is 12.5. The van der Waals surface area contributed by atoms with Crippen LogP contribution in [0.4, 0.5) is 0 Å². The molecule has 116 valence electrons. The summed E-state index contributed by atoms with van der Waals surface area (Å²) in [6.45, 7) is 11.6. The molecule has 1 aromatic rings. The number of thiophene rings is 1. The Hall–Kier alpha value is -0.430. The molecule has 20 heavy (non-hydrogen) atoms. The third-order valence-electron chi connectivity index (χ3n) is 3.34. The van der Waals surface area contributed by atoms with Crippen molar-refractivity contribution >= 4 is 21.4 Å². The molecular formula is C14H26N2O2S2. The summed E-state index contributed by atoms with van der Waals surface area (Å²) in [6, 6.07) is 1.56. The lowest BCUT2D eigenvalue weighted by molar-refractivity contribution is 0.317. The van der Waals surface area contributed by atoms with Crippen LogP contribution in [0.3, 0.4) is 0 Å². The molecule has 6 heteroatoms. The molecule has 1 heterocycles. The van der Waals surface area contributed by atoms with E-state index >= 15 is 0 Å². The molecular weight excluding hydrogens is 292 g/mol. The summed E-state index contributed by atoms with van der Waals surface area (Å²) in [6.07, 6.45) is 1.03. The van der Waals surface area contributed by atoms with E-state index < -0.39 is 10.0 Å². The molecule has 1 atom stereocenters. The zero-order valence-electron chi connectivity index (χ0n) is 13.0. The van der Waals surface area contributed by atoms with E-state index in [0.29, 0.717) is 11.4 Å². The SMILES string of the molecule is CCCNCc1sccc1S(=O)(=O)NC(C)C(C)(C)C. The number of nitrogens with one attached hydrogen (secondary N) is 2. The van der Waals surface area contributed by atoms with Crippen molar-refractivity contribution in [2.45, 2.75) is 58.5 Å². The molecule has 0 radical (unpaired) electrons. The first-order valence-electron chi connectivity index (χ1n) is 6.98. The summed E-state index contributed by atoms with van der Waals surface area (Å²) in [4.78, 5) is 1.27. The van der Waals surface area contributed by atoms with Gasteiger partial charge in [0.2, 0.25) is 10.0 Å². The highest BCUT2D eigenvalue weighted by atomic mass is 32.2. The zero-order valence-corrected chi connectivity index (χ0v) is 14.6. The van der Waals surface area contributed by atoms with E-state index in [-0.39, 0.29) is 11.5 Å². The highest BCUT2D eigenvalue weighted by Crippen LogP contribution is 2.25. The Morgan fingerprint density at radius 2 is 2.00 bits per heavy atom. The van der Waals surface area contributed by atoms with Crippen molar-refractivity contribution in [3.63, 3.8) is 0 Å². The third kappa shape index (κ3) is 4.84. The molecule has 0 saturated carbocycles. The molecule has 0 saturated heterocycles. The minimum Gasteiger partial charge on any atom is -0.312 e. The summed E-state index contributed by atoms with van der Waals surface area (Å²) in [5.74, 6) is 0. The minimum atomic E-state index is -3.45. The molecule has 0 fully saturated rings. The average molecular weight is 319 g/mol. The van der Waals surface area contributed by atoms with Crippen LogP contribution in [0.25, 0.3) is 0 Å². The normalized spacial score (nSPS) is 14.4. The number of hydrogen-bond acceptors (Lipinski definition) is 4. The van der Waals surface area contributed by atoms with Gasteiger partial charge in [-0.25, -0.2) is 13.1 Å². The van der Waals surface area contributed by atoms with Crippen LogP contribution in [0.1, 0.15) is 45.9 Å². The van der Waals surface area contributed by atoms with Gasteiger partial charge in [0.05, 0.1) is 4.90 Å². The zero-order chi connectivity index (χ0) is 15.4. The first-order chi connectivity index (χ1) is 9.18. The van der Waals surface area contributed by atoms with Crippen LogP contribution >= 0.6 is 11.3 Å². The maximum absolute atomic E-state index is 12.5. The van der Waals surface area contributed by atoms with Gasteiger partial charge in [0, 0.05) is 17.5 Å². The first-order valence-corrected chi connectivity index (χ1v) is 9.34. The Kier molecular flexibility index (Phi) is 6.19. The molecule has 1 unspecified atom stereocenters. The first kappa shape index (κ1) is 17.6. The second-order valence-electron chi connectivity index (χ2n) is 6.09. The molecule has 1 rings (SSSR count). The van der Waals surface area contributed by atoms with Crippen molar-refractivity contribution in [3.05, 3.63) is 16.3 Å². The smallest absolute Gasteiger partial charge is 0.241 e. The second kappa shape index (κ2) is 7.02. The molecule has 0 spiro atoms. The Labute approximate surface area is 127 Å². The molecule has 0 aliphatic carbocycles. The van der Waals surface area contributed by atoms with Crippen molar-refractivity contribution in [1.82, 2.24) is 10.0 Å². The largest absolute Gasteiger partial charge is 0.312 e. The van der Waals surface area contributed by atoms with Gasteiger partial charge in [0.15, 0.2) is 0 Å². The summed E-state index contributed by atoms with van der Waals surface area (Å²) in [7, 11) is -3.45. The van der Waals surface area contributed by atoms with Crippen molar-refractivity contribution in [3.8, 4) is 0 Å². The summed E-state index contributed by atoms with van der Waals surface area (Å²) in [5.41, 5.74) is -0.107. The van der Waals surface area contributed by atoms with E-state index in [2.05, 4.69) is 17.0 Å². The van der Waals surface area contributed by atoms with Crippen LogP contribution in [0.15, 0.2) is 16.3 Å². The summed E-state index contributed by atoms with van der Waals surface area (Å²) in [5, 5.41) is 5.08. The Bertz CT molecular complexity index is 516. The molecule has 0 amide bonds. The third-order valence-corrected chi connectivity index (χ3v) is 6.01. The Balaban J connectivity index is 2.85. The predicted octanol–water partition coefficient (Wildman–Crippen LogP) is 2.96. The molecule has 0 aliphatic rings. The molecule has 0 bridgehead atoms. The number of hydrogen-bond donors (Lipinski definition) is 2. The topological polar surface area (TPSA) is 58.2 Å². The number of sulfonamides is 1. The van der Waals surface area contributed by atoms with Crippen LogP contribution in [-0.2, 0) is 16.6 Å². The predicted molar refractivity (Wildman–Crippen MR) is 85.6 cm³/mol. The van der Waals surface area contributed by atoms with Gasteiger partial charge < -0.3 is 5.32 Å². The standard InChI is InChI=1S/C14H26N2O2S2/c1-6-8-15-10-12-13(7-9-19-12)20(17,18)16-11(2)14(3,4)5/h7,9,11,15-16H,6,8,10H2,1-5H3. The van der Waals surface area contributed by atoms with Crippen LogP contribution in [0.5, 0.6) is 0 Å². The second-order valence-corrected chi connectivity index (χ2v) is 8.78. The number of rotatable bonds is 7. The van der Waals surface area contributed by atoms with E-state index in [9.17, 15) is 8.42 Å². The fourth-order valence-electron chi connectivity index (χ4n) is 1.55. The van der Waals surface area contributed by atoms with Crippen LogP contribution < -0.4 is 10.0 Å². The van der Waals surface area contributed by atoms with Gasteiger partial charge in [-0.2, -0.15) is 0 Å². The minimum absolute atomic E-state index is 0.107. The highest BCUT2D eigenvalue weighted by molar-refractivity contribution is 7.89. The molecule has 0 aliphatic heterocycles. The van der Waals surface area contributed by atoms with Gasteiger partial charge in [0.25, 0.3) is 0 Å². The fourth-order valence-corrected chi connectivity index (χ4v) is 4.41. The van der Waals surface area contributed by atoms with Crippen molar-refractivity contribution in [2.75, 3.05) is 6.54 Å². The van der Waals surface area contributed by atoms with Crippen molar-refractivity contribution in [2.24, 2.45) is 5.41 Å². The van der Waals surface area contributed by atoms with E-state index in [1.165, 1.54) is 11.3 Å². The summed E-state index contributed by atoms with van der Waals surface area (Å²) >= 11 is 1.48. The maximum Gasteiger partial charge on any atom is 0.241 e. The highest BCUT2D eigenvalue weighted by Gasteiger charge is 2.27. The lowest BCUT2D eigenvalue weighted by Gasteiger charge is -2.27. The molecule has 1 aromatic heterocycles. The summed E-state index contributed by atoms with van der Waals surface area (Å²) < 4.78 is 27.7. The Morgan fingerprint density at radius 3 is 2.55 bits per heavy atom. The molecule has 0 aromatic carbocycles. The van der Waals surface area contributed by atoms with E-state index in [1.54, 1.807) is 6.07 Å². The lowest BCUT2D eigenvalue weighted by atomic mass is 9.89. The lowest BCUT2D eigenvalue weighted by Crippen LogP contribution is -2.41. The van der Waals surface area contributed by atoms with Gasteiger partial charge in [0.1, 0.15) is 0 Å². The van der Waals surface area contributed by atoms with E-state index in [0.717, 1.165) is 17.8 Å². The molecule has 4 nitrogen and oxygen atoms in total. The van der Waals surface area contributed by atoms with Crippen LogP contribution in [0, 0.1) is 5.41 Å². The fraction of sp³-hybridized carbons (Fsp3) is 0.714. The van der Waals surface area contributed by atoms with Gasteiger partial charge in [-0.15, -0.1) is 11.3 Å². The van der Waals surface area contributed by atoms with E-state index in [4.69, 9.17) is 0 Å². The van der Waals surface area contributed by atoms with Gasteiger partial charge in [-0.3, -0.25) is 0 Å². The van der Waals surface area contributed by atoms with Crippen molar-refractivity contribution < 1.29 is 8.42 Å². The Morgan fingerprint density at radius 1 is 1.35 bits per heavy atom. The quantitative estimate of drug-likeness (QED) is 0.760.